The Morgan fingerprint density at radius 3 is 1.29 bits per heavy atom. The predicted octanol–water partition coefficient (Wildman–Crippen LogP) is -4.99. The summed E-state index contributed by atoms with van der Waals surface area (Å²) < 4.78 is 0. The molecule has 0 unspecified atom stereocenters. The molecule has 0 aromatic heterocycles. The number of nitriles is 1. The molecule has 0 spiro atoms. The van der Waals surface area contributed by atoms with Gasteiger partial charge >= 0.3 is 80.9 Å². The molecule has 0 fully saturated rings. The van der Waals surface area contributed by atoms with Crippen molar-refractivity contribution in [2.45, 2.75) is 0 Å². The van der Waals surface area contributed by atoms with E-state index in [2.05, 4.69) is 6.57 Å². The van der Waals surface area contributed by atoms with Gasteiger partial charge in [0.1, 0.15) is 0 Å². The zero-order valence-corrected chi connectivity index (χ0v) is 9.49. The average molecular weight is 131 g/mol. The first-order valence-corrected chi connectivity index (χ1v) is 0.658. The van der Waals surface area contributed by atoms with Crippen LogP contribution in [0, 0.1) is 11.8 Å². The van der Waals surface area contributed by atoms with Crippen molar-refractivity contribution in [3.63, 3.8) is 0 Å². The SMILES string of the molecule is C#N.[K+].[N-]=[N+]=[N-].[Na+]. The number of rotatable bonds is 0. The Morgan fingerprint density at radius 1 is 1.29 bits per heavy atom. The van der Waals surface area contributed by atoms with Gasteiger partial charge in [-0.3, -0.25) is 4.91 Å². The summed E-state index contributed by atoms with van der Waals surface area (Å²) in [6.07, 6.45) is 0. The minimum absolute atomic E-state index is 0. The van der Waals surface area contributed by atoms with E-state index in [-0.39, 0.29) is 80.9 Å². The van der Waals surface area contributed by atoms with Crippen molar-refractivity contribution in [1.29, 1.82) is 5.26 Å². The van der Waals surface area contributed by atoms with Crippen LogP contribution in [0.2, 0.25) is 0 Å². The van der Waals surface area contributed by atoms with E-state index >= 15 is 0 Å². The molecule has 0 radical (unpaired) electrons. The van der Waals surface area contributed by atoms with Gasteiger partial charge < -0.3 is 11.1 Å². The van der Waals surface area contributed by atoms with Gasteiger partial charge in [-0.2, -0.15) is 0 Å². The third-order valence-corrected chi connectivity index (χ3v) is 0. The molecule has 0 aliphatic rings. The molecule has 0 saturated heterocycles. The van der Waals surface area contributed by atoms with Crippen LogP contribution in [0.25, 0.3) is 16.0 Å². The third-order valence-electron chi connectivity index (χ3n) is 0. The largest absolute Gasteiger partial charge is 1.00 e. The molecule has 0 aliphatic heterocycles. The molecule has 0 N–H and O–H groups in total. The van der Waals surface area contributed by atoms with Gasteiger partial charge in [0.25, 0.3) is 0 Å². The van der Waals surface area contributed by atoms with E-state index in [0.29, 0.717) is 0 Å². The van der Waals surface area contributed by atoms with Gasteiger partial charge in [0.05, 0.1) is 0 Å². The zero-order valence-electron chi connectivity index (χ0n) is 4.37. The Balaban J connectivity index is -0.0000000105. The first-order valence-electron chi connectivity index (χ1n) is 0.658. The van der Waals surface area contributed by atoms with Crippen LogP contribution in [-0.4, -0.2) is 0 Å². The topological polar surface area (TPSA) is 82.5 Å². The minimum atomic E-state index is 0. The molecule has 26 valence electrons. The van der Waals surface area contributed by atoms with E-state index in [9.17, 15) is 0 Å². The summed E-state index contributed by atoms with van der Waals surface area (Å²) in [5.74, 6) is 0. The van der Waals surface area contributed by atoms with Gasteiger partial charge in [0.2, 0.25) is 0 Å². The van der Waals surface area contributed by atoms with E-state index in [0.717, 1.165) is 0 Å². The molecule has 4 nitrogen and oxygen atoms in total. The molecule has 0 heterocycles. The van der Waals surface area contributed by atoms with Crippen molar-refractivity contribution in [3.05, 3.63) is 16.0 Å². The maximum atomic E-state index is 6.75. The van der Waals surface area contributed by atoms with Crippen molar-refractivity contribution >= 4 is 0 Å². The molecule has 0 aromatic rings. The van der Waals surface area contributed by atoms with E-state index < -0.39 is 0 Å². The molecule has 6 heteroatoms. The molecule has 0 aromatic carbocycles. The molecule has 0 atom stereocenters. The first kappa shape index (κ1) is 23.7. The van der Waals surface area contributed by atoms with Crippen LogP contribution in [0.5, 0.6) is 0 Å². The van der Waals surface area contributed by atoms with Crippen molar-refractivity contribution in [2.75, 3.05) is 0 Å². The smallest absolute Gasteiger partial charge is 0.373 e. The van der Waals surface area contributed by atoms with Crippen LogP contribution in [0.4, 0.5) is 0 Å². The van der Waals surface area contributed by atoms with Crippen LogP contribution < -0.4 is 80.9 Å². The van der Waals surface area contributed by atoms with Crippen LogP contribution in [0.3, 0.4) is 0 Å². The molecule has 0 rings (SSSR count). The molecular weight excluding hydrogens is 130 g/mol. The second kappa shape index (κ2) is 51.9. The van der Waals surface area contributed by atoms with Crippen molar-refractivity contribution in [2.24, 2.45) is 0 Å². The Kier molecular flexibility index (Phi) is 176. The molecule has 7 heavy (non-hydrogen) atoms. The van der Waals surface area contributed by atoms with E-state index in [1.165, 1.54) is 4.91 Å². The molecular formula is CHKN4Na+. The fourth-order valence-electron chi connectivity index (χ4n) is 0. The molecule has 0 aliphatic carbocycles. The normalized spacial score (nSPS) is 1.43. The van der Waals surface area contributed by atoms with E-state index in [1.807, 2.05) is 0 Å². The molecule has 0 amide bonds. The molecule has 0 saturated carbocycles. The first-order chi connectivity index (χ1) is 2.41. The number of hydrogen-bond acceptors (Lipinski definition) is 1. The Hall–Kier alpha value is 1.44. The van der Waals surface area contributed by atoms with Crippen LogP contribution in [0.1, 0.15) is 0 Å². The van der Waals surface area contributed by atoms with Gasteiger partial charge in [-0.15, -0.1) is 0 Å². The number of nitrogens with zero attached hydrogens (tertiary/aromatic N) is 4. The summed E-state index contributed by atoms with van der Waals surface area (Å²) >= 11 is 0. The van der Waals surface area contributed by atoms with Gasteiger partial charge in [-0.05, 0) is 0 Å². The van der Waals surface area contributed by atoms with Gasteiger partial charge in [-0.25, -0.2) is 5.26 Å². The summed E-state index contributed by atoms with van der Waals surface area (Å²) in [5.41, 5.74) is 13.5. The van der Waals surface area contributed by atoms with Crippen molar-refractivity contribution < 1.29 is 80.9 Å². The maximum absolute atomic E-state index is 6.75. The summed E-state index contributed by atoms with van der Waals surface area (Å²) in [4.78, 5) is 1.50. The fourth-order valence-corrected chi connectivity index (χ4v) is 0. The van der Waals surface area contributed by atoms with E-state index in [1.54, 1.807) is 0 Å². The Labute approximate surface area is 106 Å². The Morgan fingerprint density at radius 2 is 1.29 bits per heavy atom. The second-order valence-corrected chi connectivity index (χ2v) is 0.0894. The van der Waals surface area contributed by atoms with Gasteiger partial charge in [-0.1, -0.05) is 0 Å². The minimum Gasteiger partial charge on any atom is -0.373 e. The van der Waals surface area contributed by atoms with Crippen LogP contribution >= 0.6 is 0 Å². The summed E-state index contributed by atoms with van der Waals surface area (Å²) in [6.45, 7) is 3.50. The van der Waals surface area contributed by atoms with Crippen LogP contribution in [-0.2, 0) is 0 Å². The number of hydrogen-bond donors (Lipinski definition) is 0. The summed E-state index contributed by atoms with van der Waals surface area (Å²) in [6, 6.07) is 0. The van der Waals surface area contributed by atoms with Crippen molar-refractivity contribution in [1.82, 2.24) is 0 Å². The zero-order chi connectivity index (χ0) is 4.71. The van der Waals surface area contributed by atoms with Gasteiger partial charge in [0, 0.05) is 6.57 Å². The predicted molar refractivity (Wildman–Crippen MR) is 16.7 cm³/mol. The summed E-state index contributed by atoms with van der Waals surface area (Å²) in [7, 11) is 0. The maximum Gasteiger partial charge on any atom is 1.00 e. The average Bonchev–Trinajstić information content (AvgIpc) is 1.46. The molecule has 0 bridgehead atoms. The monoisotopic (exact) mass is 131 g/mol. The quantitative estimate of drug-likeness (QED) is 0.140. The standard InChI is InChI=1S/CHN.K.N3.Na/c1-2;;1-3-2;/h1H;;;/q;+1;-1;+1. The van der Waals surface area contributed by atoms with E-state index in [4.69, 9.17) is 16.3 Å². The Bertz CT molecular complexity index is 54.0. The van der Waals surface area contributed by atoms with Crippen LogP contribution in [0.15, 0.2) is 0 Å². The fraction of sp³-hybridized carbons (Fsp3) is 0. The van der Waals surface area contributed by atoms with Crippen molar-refractivity contribution in [3.8, 4) is 6.57 Å². The third kappa shape index (κ3) is 107. The second-order valence-electron chi connectivity index (χ2n) is 0.0894. The van der Waals surface area contributed by atoms with Gasteiger partial charge in [0.15, 0.2) is 0 Å². The summed E-state index contributed by atoms with van der Waals surface area (Å²) in [5, 5.41) is 6.50.